The molecule has 0 radical (unpaired) electrons. The molecule has 0 aromatic heterocycles. The lowest BCUT2D eigenvalue weighted by Crippen LogP contribution is -2.20. The number of hydrogen-bond donors (Lipinski definition) is 1. The number of carbonyl (C=O) groups is 1. The van der Waals surface area contributed by atoms with Crippen LogP contribution in [0, 0.1) is 18.3 Å². The Hall–Kier alpha value is -2.80. The molecule has 21 heavy (non-hydrogen) atoms. The van der Waals surface area contributed by atoms with Gasteiger partial charge in [0.25, 0.3) is 5.91 Å². The Morgan fingerprint density at radius 3 is 2.43 bits per heavy atom. The zero-order valence-corrected chi connectivity index (χ0v) is 11.8. The molecule has 0 atom stereocenters. The van der Waals surface area contributed by atoms with Crippen molar-refractivity contribution in [2.24, 2.45) is 0 Å². The van der Waals surface area contributed by atoms with Crippen LogP contribution < -0.4 is 10.1 Å². The zero-order valence-electron chi connectivity index (χ0n) is 11.8. The van der Waals surface area contributed by atoms with Crippen LogP contribution in [0.1, 0.15) is 11.1 Å². The van der Waals surface area contributed by atoms with Gasteiger partial charge in [-0.3, -0.25) is 4.79 Å². The lowest BCUT2D eigenvalue weighted by molar-refractivity contribution is -0.118. The molecule has 4 nitrogen and oxygen atoms in total. The van der Waals surface area contributed by atoms with Crippen LogP contribution >= 0.6 is 0 Å². The number of nitrogens with one attached hydrogen (secondary N) is 1. The molecule has 0 bridgehead atoms. The van der Waals surface area contributed by atoms with Gasteiger partial charge in [-0.15, -0.1) is 0 Å². The van der Waals surface area contributed by atoms with Crippen molar-refractivity contribution >= 4 is 11.6 Å². The molecule has 4 heteroatoms. The van der Waals surface area contributed by atoms with E-state index in [1.54, 1.807) is 12.1 Å². The summed E-state index contributed by atoms with van der Waals surface area (Å²) in [7, 11) is 0. The summed E-state index contributed by atoms with van der Waals surface area (Å²) in [5.74, 6) is 0.448. The molecule has 0 aliphatic carbocycles. The number of anilines is 1. The molecular weight excluding hydrogens is 264 g/mol. The minimum absolute atomic E-state index is 0.0387. The van der Waals surface area contributed by atoms with E-state index in [1.807, 2.05) is 43.3 Å². The predicted molar refractivity (Wildman–Crippen MR) is 81.1 cm³/mol. The number of nitriles is 1. The minimum atomic E-state index is -0.219. The molecule has 0 unspecified atom stereocenters. The highest BCUT2D eigenvalue weighted by atomic mass is 16.5. The van der Waals surface area contributed by atoms with E-state index in [4.69, 9.17) is 10.00 Å². The van der Waals surface area contributed by atoms with Gasteiger partial charge >= 0.3 is 0 Å². The van der Waals surface area contributed by atoms with Gasteiger partial charge in [-0.05, 0) is 36.8 Å². The van der Waals surface area contributed by atoms with Gasteiger partial charge in [0.05, 0.1) is 12.5 Å². The Morgan fingerprint density at radius 1 is 1.14 bits per heavy atom. The number of benzene rings is 2. The lowest BCUT2D eigenvalue weighted by Gasteiger charge is -2.08. The molecule has 1 N–H and O–H groups in total. The summed E-state index contributed by atoms with van der Waals surface area (Å²) in [6.07, 6.45) is 0.366. The summed E-state index contributed by atoms with van der Waals surface area (Å²) in [6.45, 7) is 1.95. The Kier molecular flexibility index (Phi) is 4.94. The molecular formula is C17H16N2O2. The Labute approximate surface area is 124 Å². The van der Waals surface area contributed by atoms with Crippen molar-refractivity contribution in [2.75, 3.05) is 11.9 Å². The second-order valence-corrected chi connectivity index (χ2v) is 4.68. The quantitative estimate of drug-likeness (QED) is 0.915. The fourth-order valence-corrected chi connectivity index (χ4v) is 1.78. The Bertz CT molecular complexity index is 640. The molecule has 2 aromatic rings. The van der Waals surface area contributed by atoms with E-state index in [2.05, 4.69) is 11.4 Å². The molecule has 0 spiro atoms. The summed E-state index contributed by atoms with van der Waals surface area (Å²) >= 11 is 0. The van der Waals surface area contributed by atoms with Gasteiger partial charge < -0.3 is 10.1 Å². The Morgan fingerprint density at radius 2 is 1.81 bits per heavy atom. The van der Waals surface area contributed by atoms with Crippen LogP contribution in [0.3, 0.4) is 0 Å². The van der Waals surface area contributed by atoms with Crippen LogP contribution in [0.5, 0.6) is 5.75 Å². The number of nitrogens with zero attached hydrogens (tertiary/aromatic N) is 1. The average Bonchev–Trinajstić information content (AvgIpc) is 2.49. The van der Waals surface area contributed by atoms with Crippen molar-refractivity contribution in [2.45, 2.75) is 13.3 Å². The van der Waals surface area contributed by atoms with Crippen molar-refractivity contribution in [3.05, 3.63) is 59.7 Å². The third-order valence-electron chi connectivity index (χ3n) is 2.91. The van der Waals surface area contributed by atoms with Crippen LogP contribution in [-0.4, -0.2) is 12.5 Å². The van der Waals surface area contributed by atoms with Crippen molar-refractivity contribution in [3.63, 3.8) is 0 Å². The number of amides is 1. The molecule has 0 aliphatic heterocycles. The van der Waals surface area contributed by atoms with Crippen LogP contribution in [0.15, 0.2) is 48.5 Å². The number of carbonyl (C=O) groups excluding carboxylic acids is 1. The monoisotopic (exact) mass is 280 g/mol. The number of rotatable bonds is 5. The fraction of sp³-hybridized carbons (Fsp3) is 0.176. The molecule has 0 fully saturated rings. The molecule has 2 rings (SSSR count). The van der Waals surface area contributed by atoms with Crippen LogP contribution in [0.2, 0.25) is 0 Å². The summed E-state index contributed by atoms with van der Waals surface area (Å²) < 4.78 is 5.40. The summed E-state index contributed by atoms with van der Waals surface area (Å²) in [6, 6.07) is 16.8. The normalized spacial score (nSPS) is 9.71. The Balaban J connectivity index is 1.84. The van der Waals surface area contributed by atoms with E-state index in [0.29, 0.717) is 17.9 Å². The van der Waals surface area contributed by atoms with E-state index in [1.165, 1.54) is 0 Å². The van der Waals surface area contributed by atoms with Crippen LogP contribution in [0.25, 0.3) is 0 Å². The van der Waals surface area contributed by atoms with E-state index in [0.717, 1.165) is 11.1 Å². The minimum Gasteiger partial charge on any atom is -0.484 e. The lowest BCUT2D eigenvalue weighted by atomic mass is 10.1. The molecule has 0 heterocycles. The van der Waals surface area contributed by atoms with Gasteiger partial charge in [0.1, 0.15) is 5.75 Å². The van der Waals surface area contributed by atoms with Gasteiger partial charge in [0.2, 0.25) is 0 Å². The first-order chi connectivity index (χ1) is 10.2. The maximum absolute atomic E-state index is 11.8. The predicted octanol–water partition coefficient (Wildman–Crippen LogP) is 3.08. The highest BCUT2D eigenvalue weighted by Gasteiger charge is 2.04. The average molecular weight is 280 g/mol. The van der Waals surface area contributed by atoms with Gasteiger partial charge in [0, 0.05) is 5.69 Å². The molecule has 2 aromatic carbocycles. The molecule has 1 amide bonds. The van der Waals surface area contributed by atoms with Crippen LogP contribution in [0.4, 0.5) is 5.69 Å². The smallest absolute Gasteiger partial charge is 0.262 e. The maximum atomic E-state index is 11.8. The SMILES string of the molecule is Cc1ccc(OCC(=O)Nc2ccc(CC#N)cc2)cc1. The van der Waals surface area contributed by atoms with Gasteiger partial charge in [-0.2, -0.15) is 5.26 Å². The third kappa shape index (κ3) is 4.66. The highest BCUT2D eigenvalue weighted by molar-refractivity contribution is 5.91. The van der Waals surface area contributed by atoms with Gasteiger partial charge in [0.15, 0.2) is 6.61 Å². The van der Waals surface area contributed by atoms with E-state index >= 15 is 0 Å². The van der Waals surface area contributed by atoms with E-state index < -0.39 is 0 Å². The number of ether oxygens (including phenoxy) is 1. The first-order valence-electron chi connectivity index (χ1n) is 6.62. The molecule has 106 valence electrons. The fourth-order valence-electron chi connectivity index (χ4n) is 1.78. The van der Waals surface area contributed by atoms with Crippen molar-refractivity contribution < 1.29 is 9.53 Å². The van der Waals surface area contributed by atoms with Crippen molar-refractivity contribution in [3.8, 4) is 11.8 Å². The van der Waals surface area contributed by atoms with Gasteiger partial charge in [-0.25, -0.2) is 0 Å². The topological polar surface area (TPSA) is 62.1 Å². The number of hydrogen-bond acceptors (Lipinski definition) is 3. The number of aryl methyl sites for hydroxylation is 1. The summed E-state index contributed by atoms with van der Waals surface area (Å²) in [5.41, 5.74) is 2.75. The standard InChI is InChI=1S/C17H16N2O2/c1-13-2-8-16(9-3-13)21-12-17(20)19-15-6-4-14(5-7-15)10-11-18/h2-9H,10,12H2,1H3,(H,19,20). The molecule has 0 saturated carbocycles. The zero-order chi connectivity index (χ0) is 15.1. The van der Waals surface area contributed by atoms with E-state index in [9.17, 15) is 4.79 Å². The highest BCUT2D eigenvalue weighted by Crippen LogP contribution is 2.12. The first-order valence-corrected chi connectivity index (χ1v) is 6.62. The van der Waals surface area contributed by atoms with Crippen molar-refractivity contribution in [1.82, 2.24) is 0 Å². The molecule has 0 aliphatic rings. The first kappa shape index (κ1) is 14.6. The summed E-state index contributed by atoms with van der Waals surface area (Å²) in [5, 5.41) is 11.3. The summed E-state index contributed by atoms with van der Waals surface area (Å²) in [4.78, 5) is 11.8. The molecule has 0 saturated heterocycles. The largest absolute Gasteiger partial charge is 0.484 e. The van der Waals surface area contributed by atoms with Crippen molar-refractivity contribution in [1.29, 1.82) is 5.26 Å². The second kappa shape index (κ2) is 7.11. The maximum Gasteiger partial charge on any atom is 0.262 e. The van der Waals surface area contributed by atoms with E-state index in [-0.39, 0.29) is 12.5 Å². The second-order valence-electron chi connectivity index (χ2n) is 4.68. The van der Waals surface area contributed by atoms with Gasteiger partial charge in [-0.1, -0.05) is 29.8 Å². The van der Waals surface area contributed by atoms with Crippen LogP contribution in [-0.2, 0) is 11.2 Å². The third-order valence-corrected chi connectivity index (χ3v) is 2.91.